The molecule has 1 aromatic heterocycles. The van der Waals surface area contributed by atoms with E-state index in [2.05, 4.69) is 39.8 Å². The molecule has 1 aliphatic rings. The lowest BCUT2D eigenvalue weighted by Gasteiger charge is -2.29. The van der Waals surface area contributed by atoms with Gasteiger partial charge in [0, 0.05) is 13.6 Å². The molecule has 1 aliphatic carbocycles. The lowest BCUT2D eigenvalue weighted by molar-refractivity contribution is 0.0966. The Labute approximate surface area is 142 Å². The van der Waals surface area contributed by atoms with Crippen LogP contribution >= 0.6 is 15.9 Å². The molecule has 0 aliphatic heterocycles. The molecule has 5 heteroatoms. The first-order valence-electron chi connectivity index (χ1n) is 8.09. The van der Waals surface area contributed by atoms with E-state index in [1.165, 1.54) is 19.3 Å². The van der Waals surface area contributed by atoms with E-state index in [1.54, 1.807) is 0 Å². The zero-order valence-electron chi connectivity index (χ0n) is 14.0. The molecule has 2 atom stereocenters. The van der Waals surface area contributed by atoms with E-state index in [4.69, 9.17) is 4.74 Å². The van der Waals surface area contributed by atoms with E-state index >= 15 is 0 Å². The zero-order chi connectivity index (χ0) is 16.1. The SMILES string of the molecule is CCN(C)C=Nc1cc(Br)c(O[C@H]2CCCC[C@H]2C)nc1C. The third-order valence-electron chi connectivity index (χ3n) is 4.30. The van der Waals surface area contributed by atoms with Crippen molar-refractivity contribution >= 4 is 28.0 Å². The Morgan fingerprint density at radius 2 is 2.18 bits per heavy atom. The summed E-state index contributed by atoms with van der Waals surface area (Å²) < 4.78 is 7.04. The van der Waals surface area contributed by atoms with Gasteiger partial charge in [-0.2, -0.15) is 0 Å². The maximum Gasteiger partial charge on any atom is 0.228 e. The van der Waals surface area contributed by atoms with Gasteiger partial charge in [-0.15, -0.1) is 0 Å². The smallest absolute Gasteiger partial charge is 0.228 e. The minimum atomic E-state index is 0.275. The molecule has 1 fully saturated rings. The highest BCUT2D eigenvalue weighted by Crippen LogP contribution is 2.33. The van der Waals surface area contributed by atoms with Crippen LogP contribution in [0.25, 0.3) is 0 Å². The summed E-state index contributed by atoms with van der Waals surface area (Å²) in [4.78, 5) is 11.1. The van der Waals surface area contributed by atoms with Gasteiger partial charge in [-0.3, -0.25) is 0 Å². The molecule has 0 amide bonds. The van der Waals surface area contributed by atoms with Crippen molar-refractivity contribution in [1.29, 1.82) is 0 Å². The number of rotatable bonds is 5. The van der Waals surface area contributed by atoms with Gasteiger partial charge in [0.25, 0.3) is 0 Å². The van der Waals surface area contributed by atoms with Crippen LogP contribution in [0.2, 0.25) is 0 Å². The minimum Gasteiger partial charge on any atom is -0.473 e. The van der Waals surface area contributed by atoms with Gasteiger partial charge < -0.3 is 9.64 Å². The topological polar surface area (TPSA) is 37.7 Å². The van der Waals surface area contributed by atoms with E-state index in [0.717, 1.165) is 28.8 Å². The van der Waals surface area contributed by atoms with Gasteiger partial charge in [0.05, 0.1) is 22.2 Å². The monoisotopic (exact) mass is 367 g/mol. The summed E-state index contributed by atoms with van der Waals surface area (Å²) in [5.74, 6) is 1.29. The highest BCUT2D eigenvalue weighted by Gasteiger charge is 2.24. The Balaban J connectivity index is 2.13. The van der Waals surface area contributed by atoms with E-state index in [-0.39, 0.29) is 6.10 Å². The van der Waals surface area contributed by atoms with Crippen molar-refractivity contribution in [2.75, 3.05) is 13.6 Å². The maximum atomic E-state index is 6.16. The van der Waals surface area contributed by atoms with E-state index < -0.39 is 0 Å². The number of ether oxygens (including phenoxy) is 1. The maximum absolute atomic E-state index is 6.16. The lowest BCUT2D eigenvalue weighted by Crippen LogP contribution is -2.28. The molecule has 1 saturated carbocycles. The normalized spacial score (nSPS) is 22.0. The second-order valence-corrected chi connectivity index (χ2v) is 6.97. The van der Waals surface area contributed by atoms with Crippen molar-refractivity contribution < 1.29 is 4.74 Å². The van der Waals surface area contributed by atoms with Crippen molar-refractivity contribution in [3.8, 4) is 5.88 Å². The Hall–Kier alpha value is -1.10. The highest BCUT2D eigenvalue weighted by molar-refractivity contribution is 9.10. The van der Waals surface area contributed by atoms with Crippen LogP contribution in [0.3, 0.4) is 0 Å². The lowest BCUT2D eigenvalue weighted by atomic mass is 9.88. The summed E-state index contributed by atoms with van der Waals surface area (Å²) in [6.45, 7) is 7.26. The molecular weight excluding hydrogens is 342 g/mol. The Morgan fingerprint density at radius 3 is 2.86 bits per heavy atom. The molecule has 0 unspecified atom stereocenters. The van der Waals surface area contributed by atoms with Gasteiger partial charge in [-0.25, -0.2) is 9.98 Å². The third kappa shape index (κ3) is 4.45. The minimum absolute atomic E-state index is 0.275. The van der Waals surface area contributed by atoms with Crippen molar-refractivity contribution in [2.24, 2.45) is 10.9 Å². The first-order valence-corrected chi connectivity index (χ1v) is 8.88. The van der Waals surface area contributed by atoms with Crippen molar-refractivity contribution in [3.05, 3.63) is 16.2 Å². The number of hydrogen-bond donors (Lipinski definition) is 0. The molecule has 0 radical (unpaired) electrons. The molecule has 2 rings (SSSR count). The van der Waals surface area contributed by atoms with Crippen LogP contribution in [-0.4, -0.2) is 35.9 Å². The molecule has 4 nitrogen and oxygen atoms in total. The molecule has 0 aromatic carbocycles. The van der Waals surface area contributed by atoms with Gasteiger partial charge in [0.15, 0.2) is 0 Å². The van der Waals surface area contributed by atoms with Crippen LogP contribution in [-0.2, 0) is 0 Å². The number of aromatic nitrogens is 1. The number of halogens is 1. The fraction of sp³-hybridized carbons (Fsp3) is 0.647. The zero-order valence-corrected chi connectivity index (χ0v) is 15.6. The van der Waals surface area contributed by atoms with Crippen LogP contribution in [0.4, 0.5) is 5.69 Å². The predicted molar refractivity (Wildman–Crippen MR) is 95.2 cm³/mol. The summed E-state index contributed by atoms with van der Waals surface area (Å²) in [6, 6.07) is 1.99. The molecule has 22 heavy (non-hydrogen) atoms. The van der Waals surface area contributed by atoms with Crippen LogP contribution in [0.15, 0.2) is 15.5 Å². The van der Waals surface area contributed by atoms with Crippen LogP contribution < -0.4 is 4.74 Å². The highest BCUT2D eigenvalue weighted by atomic mass is 79.9. The Kier molecular flexibility index (Phi) is 6.24. The molecule has 0 saturated heterocycles. The second-order valence-electron chi connectivity index (χ2n) is 6.12. The molecular formula is C17H26BrN3O. The standard InChI is InChI=1S/C17H26BrN3O/c1-5-21(4)11-19-15-10-14(18)17(20-13(15)3)22-16-9-7-6-8-12(16)2/h10-12,16H,5-9H2,1-4H3/t12-,16+/m1/s1. The first kappa shape index (κ1) is 17.3. The number of pyridine rings is 1. The van der Waals surface area contributed by atoms with Crippen LogP contribution in [0.1, 0.15) is 45.2 Å². The van der Waals surface area contributed by atoms with Crippen molar-refractivity contribution in [2.45, 2.75) is 52.6 Å². The molecule has 0 N–H and O–H groups in total. The summed E-state index contributed by atoms with van der Waals surface area (Å²) in [5.41, 5.74) is 1.76. The van der Waals surface area contributed by atoms with Gasteiger partial charge in [-0.05, 0) is 61.0 Å². The van der Waals surface area contributed by atoms with Gasteiger partial charge >= 0.3 is 0 Å². The largest absolute Gasteiger partial charge is 0.473 e. The van der Waals surface area contributed by atoms with E-state index in [1.807, 2.05) is 31.3 Å². The Morgan fingerprint density at radius 1 is 1.45 bits per heavy atom. The number of nitrogens with zero attached hydrogens (tertiary/aromatic N) is 3. The van der Waals surface area contributed by atoms with Crippen LogP contribution in [0.5, 0.6) is 5.88 Å². The van der Waals surface area contributed by atoms with E-state index in [9.17, 15) is 0 Å². The summed E-state index contributed by atoms with van der Waals surface area (Å²) >= 11 is 3.58. The van der Waals surface area contributed by atoms with Gasteiger partial charge in [0.2, 0.25) is 5.88 Å². The molecule has 0 spiro atoms. The average Bonchev–Trinajstić information content (AvgIpc) is 2.51. The molecule has 1 heterocycles. The van der Waals surface area contributed by atoms with Gasteiger partial charge in [0.1, 0.15) is 6.10 Å². The van der Waals surface area contributed by atoms with Crippen molar-refractivity contribution in [3.63, 3.8) is 0 Å². The van der Waals surface area contributed by atoms with E-state index in [0.29, 0.717) is 11.8 Å². The summed E-state index contributed by atoms with van der Waals surface area (Å²) in [6.07, 6.45) is 7.03. The third-order valence-corrected chi connectivity index (χ3v) is 4.86. The fourth-order valence-corrected chi connectivity index (χ4v) is 3.00. The fourth-order valence-electron chi connectivity index (χ4n) is 2.61. The Bertz CT molecular complexity index is 533. The van der Waals surface area contributed by atoms with Crippen LogP contribution in [0, 0.1) is 12.8 Å². The second kappa shape index (κ2) is 7.95. The average molecular weight is 368 g/mol. The number of aliphatic imine (C=N–C) groups is 1. The molecule has 122 valence electrons. The molecule has 1 aromatic rings. The van der Waals surface area contributed by atoms with Gasteiger partial charge in [-0.1, -0.05) is 13.3 Å². The quantitative estimate of drug-likeness (QED) is 0.557. The molecule has 0 bridgehead atoms. The first-order chi connectivity index (χ1) is 10.5. The summed E-state index contributed by atoms with van der Waals surface area (Å²) in [5, 5.41) is 0. The van der Waals surface area contributed by atoms with Crippen molar-refractivity contribution in [1.82, 2.24) is 9.88 Å². The predicted octanol–water partition coefficient (Wildman–Crippen LogP) is 4.72. The summed E-state index contributed by atoms with van der Waals surface area (Å²) in [7, 11) is 2.00. The number of aryl methyl sites for hydroxylation is 1. The number of hydrogen-bond acceptors (Lipinski definition) is 3.